The summed E-state index contributed by atoms with van der Waals surface area (Å²) in [6.07, 6.45) is 0. The van der Waals surface area contributed by atoms with Crippen molar-refractivity contribution in [2.24, 2.45) is 0 Å². The second-order valence-electron chi connectivity index (χ2n) is 5.59. The molecule has 2 aromatic carbocycles. The summed E-state index contributed by atoms with van der Waals surface area (Å²) in [5, 5.41) is 0. The van der Waals surface area contributed by atoms with Crippen LogP contribution in [0, 0.1) is 6.92 Å². The largest absolute Gasteiger partial charge is 0.496 e. The van der Waals surface area contributed by atoms with Crippen molar-refractivity contribution in [2.75, 3.05) is 18.6 Å². The Bertz CT molecular complexity index is 707. The molecular formula is C19H20O3S2. The first-order chi connectivity index (χ1) is 11.7. The van der Waals surface area contributed by atoms with E-state index in [9.17, 15) is 4.79 Å². The Morgan fingerprint density at radius 2 is 1.83 bits per heavy atom. The Hall–Kier alpha value is -1.59. The first kappa shape index (κ1) is 17.2. The van der Waals surface area contributed by atoms with Crippen LogP contribution in [0.5, 0.6) is 5.75 Å². The summed E-state index contributed by atoms with van der Waals surface area (Å²) in [4.78, 5) is 12.3. The molecule has 0 radical (unpaired) electrons. The van der Waals surface area contributed by atoms with Gasteiger partial charge >= 0.3 is 5.97 Å². The van der Waals surface area contributed by atoms with E-state index < -0.39 is 0 Å². The van der Waals surface area contributed by atoms with E-state index in [1.54, 1.807) is 7.11 Å². The van der Waals surface area contributed by atoms with E-state index in [0.29, 0.717) is 10.1 Å². The van der Waals surface area contributed by atoms with Gasteiger partial charge in [0, 0.05) is 17.1 Å². The van der Waals surface area contributed by atoms with Crippen LogP contribution >= 0.6 is 23.5 Å². The van der Waals surface area contributed by atoms with Crippen LogP contribution in [0.15, 0.2) is 42.5 Å². The molecule has 0 saturated carbocycles. The van der Waals surface area contributed by atoms with Gasteiger partial charge in [-0.3, -0.25) is 0 Å². The number of methoxy groups -OCH3 is 1. The molecule has 1 heterocycles. The van der Waals surface area contributed by atoms with Crippen LogP contribution in [0.25, 0.3) is 0 Å². The lowest BCUT2D eigenvalue weighted by molar-refractivity contribution is 0.0470. The summed E-state index contributed by atoms with van der Waals surface area (Å²) in [6, 6.07) is 13.6. The van der Waals surface area contributed by atoms with Gasteiger partial charge in [-0.1, -0.05) is 23.8 Å². The lowest BCUT2D eigenvalue weighted by atomic mass is 10.1. The van der Waals surface area contributed by atoms with Crippen LogP contribution in [0.2, 0.25) is 0 Å². The fraction of sp³-hybridized carbons (Fsp3) is 0.316. The molecule has 0 bridgehead atoms. The molecule has 0 atom stereocenters. The van der Waals surface area contributed by atoms with Crippen LogP contribution in [-0.2, 0) is 11.3 Å². The number of thioether (sulfide) groups is 2. The van der Waals surface area contributed by atoms with E-state index in [-0.39, 0.29) is 12.6 Å². The van der Waals surface area contributed by atoms with Gasteiger partial charge in [-0.25, -0.2) is 4.79 Å². The van der Waals surface area contributed by atoms with E-state index >= 15 is 0 Å². The predicted molar refractivity (Wildman–Crippen MR) is 101 cm³/mol. The highest BCUT2D eigenvalue weighted by Crippen LogP contribution is 2.45. The van der Waals surface area contributed by atoms with Gasteiger partial charge in [0.1, 0.15) is 12.4 Å². The molecular weight excluding hydrogens is 340 g/mol. The molecule has 0 spiro atoms. The number of rotatable bonds is 5. The number of benzene rings is 2. The van der Waals surface area contributed by atoms with Crippen molar-refractivity contribution < 1.29 is 14.3 Å². The highest BCUT2D eigenvalue weighted by Gasteiger charge is 2.18. The molecule has 24 heavy (non-hydrogen) atoms. The summed E-state index contributed by atoms with van der Waals surface area (Å²) in [5.41, 5.74) is 3.83. The smallest absolute Gasteiger partial charge is 0.338 e. The summed E-state index contributed by atoms with van der Waals surface area (Å²) >= 11 is 3.91. The van der Waals surface area contributed by atoms with Gasteiger partial charge in [-0.05, 0) is 36.8 Å². The van der Waals surface area contributed by atoms with Crippen molar-refractivity contribution in [2.45, 2.75) is 18.1 Å². The Labute approximate surface area is 151 Å². The Kier molecular flexibility index (Phi) is 5.74. The molecule has 3 rings (SSSR count). The van der Waals surface area contributed by atoms with Crippen molar-refractivity contribution in [3.63, 3.8) is 0 Å². The van der Waals surface area contributed by atoms with Gasteiger partial charge < -0.3 is 9.47 Å². The zero-order valence-corrected chi connectivity index (χ0v) is 15.4. The minimum Gasteiger partial charge on any atom is -0.496 e. The maximum Gasteiger partial charge on any atom is 0.338 e. The minimum atomic E-state index is -0.308. The molecule has 2 aromatic rings. The molecule has 1 aliphatic rings. The number of esters is 1. The van der Waals surface area contributed by atoms with Crippen LogP contribution in [0.3, 0.4) is 0 Å². The number of carbonyl (C=O) groups excluding carboxylic acids is 1. The molecule has 1 saturated heterocycles. The van der Waals surface area contributed by atoms with Crippen LogP contribution in [0.4, 0.5) is 0 Å². The monoisotopic (exact) mass is 360 g/mol. The second-order valence-corrected chi connectivity index (χ2v) is 8.31. The SMILES string of the molecule is COc1ccc(C)cc1COC(=O)c1ccc(C2SCCS2)cc1. The molecule has 1 fully saturated rings. The summed E-state index contributed by atoms with van der Waals surface area (Å²) in [7, 11) is 1.62. The molecule has 126 valence electrons. The average molecular weight is 361 g/mol. The third-order valence-corrected chi connectivity index (χ3v) is 6.94. The van der Waals surface area contributed by atoms with Gasteiger partial charge in [0.2, 0.25) is 0 Å². The molecule has 5 heteroatoms. The summed E-state index contributed by atoms with van der Waals surface area (Å²) < 4.78 is 11.3. The maximum atomic E-state index is 12.3. The third-order valence-electron chi connectivity index (χ3n) is 3.84. The highest BCUT2D eigenvalue weighted by molar-refractivity contribution is 8.19. The lowest BCUT2D eigenvalue weighted by Gasteiger charge is -2.11. The zero-order valence-electron chi connectivity index (χ0n) is 13.8. The van der Waals surface area contributed by atoms with Crippen molar-refractivity contribution in [1.82, 2.24) is 0 Å². The third kappa shape index (κ3) is 4.08. The average Bonchev–Trinajstić information content (AvgIpc) is 3.14. The zero-order chi connectivity index (χ0) is 16.9. The van der Waals surface area contributed by atoms with Gasteiger partial charge in [-0.2, -0.15) is 0 Å². The topological polar surface area (TPSA) is 35.5 Å². The number of aryl methyl sites for hydroxylation is 1. The maximum absolute atomic E-state index is 12.3. The Balaban J connectivity index is 1.63. The van der Waals surface area contributed by atoms with Gasteiger partial charge in [-0.15, -0.1) is 23.5 Å². The summed E-state index contributed by atoms with van der Waals surface area (Å²) in [5.74, 6) is 2.81. The molecule has 1 aliphatic heterocycles. The van der Waals surface area contributed by atoms with E-state index in [4.69, 9.17) is 9.47 Å². The second kappa shape index (κ2) is 7.99. The highest BCUT2D eigenvalue weighted by atomic mass is 32.2. The standard InChI is InChI=1S/C19H20O3S2/c1-13-3-8-17(21-2)16(11-13)12-22-18(20)14-4-6-15(7-5-14)19-23-9-10-24-19/h3-8,11,19H,9-10,12H2,1-2H3. The first-order valence-electron chi connectivity index (χ1n) is 7.81. The quantitative estimate of drug-likeness (QED) is 0.713. The molecule has 0 amide bonds. The molecule has 0 N–H and O–H groups in total. The molecule has 3 nitrogen and oxygen atoms in total. The van der Waals surface area contributed by atoms with E-state index in [1.165, 1.54) is 17.1 Å². The van der Waals surface area contributed by atoms with Gasteiger partial charge in [0.15, 0.2) is 0 Å². The molecule has 0 aliphatic carbocycles. The lowest BCUT2D eigenvalue weighted by Crippen LogP contribution is -2.06. The summed E-state index contributed by atoms with van der Waals surface area (Å²) in [6.45, 7) is 2.21. The Morgan fingerprint density at radius 1 is 1.12 bits per heavy atom. The molecule has 0 unspecified atom stereocenters. The van der Waals surface area contributed by atoms with E-state index in [2.05, 4.69) is 0 Å². The van der Waals surface area contributed by atoms with E-state index in [0.717, 1.165) is 16.9 Å². The van der Waals surface area contributed by atoms with Crippen LogP contribution in [0.1, 0.15) is 31.6 Å². The van der Waals surface area contributed by atoms with Gasteiger partial charge in [0.05, 0.1) is 17.3 Å². The normalized spacial score (nSPS) is 14.6. The van der Waals surface area contributed by atoms with Crippen molar-refractivity contribution in [1.29, 1.82) is 0 Å². The molecule has 0 aromatic heterocycles. The number of hydrogen-bond acceptors (Lipinski definition) is 5. The van der Waals surface area contributed by atoms with Crippen LogP contribution < -0.4 is 4.74 Å². The van der Waals surface area contributed by atoms with Crippen LogP contribution in [-0.4, -0.2) is 24.6 Å². The fourth-order valence-corrected chi connectivity index (χ4v) is 5.43. The number of hydrogen-bond donors (Lipinski definition) is 0. The fourth-order valence-electron chi connectivity index (χ4n) is 2.57. The minimum absolute atomic E-state index is 0.208. The first-order valence-corrected chi connectivity index (χ1v) is 9.91. The van der Waals surface area contributed by atoms with Crippen molar-refractivity contribution >= 4 is 29.5 Å². The predicted octanol–water partition coefficient (Wildman–Crippen LogP) is 4.84. The number of ether oxygens (including phenoxy) is 2. The van der Waals surface area contributed by atoms with Gasteiger partial charge in [0.25, 0.3) is 0 Å². The van der Waals surface area contributed by atoms with Crippen molar-refractivity contribution in [3.8, 4) is 5.75 Å². The van der Waals surface area contributed by atoms with Crippen molar-refractivity contribution in [3.05, 3.63) is 64.7 Å². The number of carbonyl (C=O) groups is 1. The van der Waals surface area contributed by atoms with E-state index in [1.807, 2.05) is 72.9 Å². The Morgan fingerprint density at radius 3 is 2.50 bits per heavy atom.